The van der Waals surface area contributed by atoms with E-state index < -0.39 is 0 Å². The highest BCUT2D eigenvalue weighted by Crippen LogP contribution is 2.55. The highest BCUT2D eigenvalue weighted by molar-refractivity contribution is 5.88. The molecule has 5 aromatic rings. The van der Waals surface area contributed by atoms with E-state index in [0.29, 0.717) is 0 Å². The van der Waals surface area contributed by atoms with E-state index in [1.165, 1.54) is 33.4 Å². The average Bonchev–Trinajstić information content (AvgIpc) is 2.76. The molecule has 8 rings (SSSR count). The minimum atomic E-state index is 0.282. The van der Waals surface area contributed by atoms with Gasteiger partial charge in [0, 0.05) is 11.8 Å². The molecule has 0 aliphatic heterocycles. The van der Waals surface area contributed by atoms with Crippen LogP contribution in [-0.4, -0.2) is 9.97 Å². The predicted molar refractivity (Wildman–Crippen MR) is 112 cm³/mol. The third-order valence-electron chi connectivity index (χ3n) is 6.40. The van der Waals surface area contributed by atoms with E-state index in [0.717, 1.165) is 22.1 Å². The van der Waals surface area contributed by atoms with Crippen LogP contribution in [0.1, 0.15) is 45.2 Å². The highest BCUT2D eigenvalue weighted by atomic mass is 14.8. The molecular formula is C26H16N2. The molecule has 2 heteroatoms. The molecule has 4 aromatic carbocycles. The van der Waals surface area contributed by atoms with Crippen molar-refractivity contribution in [1.82, 2.24) is 9.97 Å². The molecule has 2 nitrogen and oxygen atoms in total. The van der Waals surface area contributed by atoms with Gasteiger partial charge in [0.1, 0.15) is 0 Å². The fraction of sp³-hybridized carbons (Fsp3) is 0.0769. The topological polar surface area (TPSA) is 25.8 Å². The van der Waals surface area contributed by atoms with E-state index in [9.17, 15) is 0 Å². The normalized spacial score (nSPS) is 18.7. The molecule has 0 saturated carbocycles. The monoisotopic (exact) mass is 356 g/mol. The molecule has 0 amide bonds. The van der Waals surface area contributed by atoms with Gasteiger partial charge in [0.05, 0.1) is 22.1 Å². The summed E-state index contributed by atoms with van der Waals surface area (Å²) in [5, 5.41) is 0. The van der Waals surface area contributed by atoms with Crippen LogP contribution < -0.4 is 0 Å². The number of nitrogens with zero attached hydrogens (tertiary/aromatic N) is 2. The van der Waals surface area contributed by atoms with Crippen LogP contribution in [0.2, 0.25) is 0 Å². The van der Waals surface area contributed by atoms with Crippen molar-refractivity contribution in [2.75, 3.05) is 0 Å². The zero-order valence-corrected chi connectivity index (χ0v) is 15.1. The maximum absolute atomic E-state index is 4.92. The molecule has 0 atom stereocenters. The van der Waals surface area contributed by atoms with Gasteiger partial charge >= 0.3 is 0 Å². The van der Waals surface area contributed by atoms with Crippen LogP contribution >= 0.6 is 0 Å². The third-order valence-corrected chi connectivity index (χ3v) is 6.40. The summed E-state index contributed by atoms with van der Waals surface area (Å²) >= 11 is 0. The summed E-state index contributed by atoms with van der Waals surface area (Å²) in [7, 11) is 0. The van der Waals surface area contributed by atoms with Crippen molar-refractivity contribution in [3.63, 3.8) is 0 Å². The Bertz CT molecular complexity index is 1280. The number of para-hydroxylation sites is 2. The van der Waals surface area contributed by atoms with Gasteiger partial charge in [-0.3, -0.25) is 0 Å². The lowest BCUT2D eigenvalue weighted by molar-refractivity contribution is 0.756. The minimum absolute atomic E-state index is 0.282. The Hall–Kier alpha value is -3.52. The lowest BCUT2D eigenvalue weighted by Crippen LogP contribution is -2.27. The van der Waals surface area contributed by atoms with Crippen molar-refractivity contribution >= 4 is 22.1 Å². The summed E-state index contributed by atoms with van der Waals surface area (Å²) in [4.78, 5) is 9.84. The standard InChI is InChI=1S/C26H16N2/c1-2-8-16-15(7-1)25-17-9-3-4-10-18(17)26(16)20-14-24-23(13-19(20)25)27-21-11-5-6-12-22(21)28-24/h1-14,25-26H. The summed E-state index contributed by atoms with van der Waals surface area (Å²) in [6.45, 7) is 0. The zero-order valence-electron chi connectivity index (χ0n) is 15.1. The number of aromatic nitrogens is 2. The van der Waals surface area contributed by atoms with Crippen molar-refractivity contribution < 1.29 is 0 Å². The molecule has 0 saturated heterocycles. The summed E-state index contributed by atoms with van der Waals surface area (Å²) in [6.07, 6.45) is 0. The van der Waals surface area contributed by atoms with Gasteiger partial charge in [-0.2, -0.15) is 0 Å². The smallest absolute Gasteiger partial charge is 0.0897 e. The van der Waals surface area contributed by atoms with Gasteiger partial charge in [-0.05, 0) is 57.6 Å². The largest absolute Gasteiger partial charge is 0.244 e. The van der Waals surface area contributed by atoms with Crippen LogP contribution in [0.25, 0.3) is 22.1 Å². The fourth-order valence-electron chi connectivity index (χ4n) is 5.28. The predicted octanol–water partition coefficient (Wildman–Crippen LogP) is 5.77. The van der Waals surface area contributed by atoms with Gasteiger partial charge in [0.15, 0.2) is 0 Å². The maximum Gasteiger partial charge on any atom is 0.0897 e. The van der Waals surface area contributed by atoms with Crippen LogP contribution in [0.5, 0.6) is 0 Å². The van der Waals surface area contributed by atoms with Crippen molar-refractivity contribution in [2.45, 2.75) is 11.8 Å². The van der Waals surface area contributed by atoms with Crippen molar-refractivity contribution in [2.24, 2.45) is 0 Å². The van der Waals surface area contributed by atoms with Crippen LogP contribution in [0.4, 0.5) is 0 Å². The van der Waals surface area contributed by atoms with Crippen molar-refractivity contribution in [3.8, 4) is 0 Å². The van der Waals surface area contributed by atoms with Gasteiger partial charge in [-0.25, -0.2) is 9.97 Å². The first-order valence-corrected chi connectivity index (χ1v) is 9.76. The molecule has 2 bridgehead atoms. The molecule has 0 fully saturated rings. The molecule has 3 aliphatic carbocycles. The first-order chi connectivity index (χ1) is 13.9. The quantitative estimate of drug-likeness (QED) is 0.322. The van der Waals surface area contributed by atoms with Crippen LogP contribution in [0, 0.1) is 0 Å². The van der Waals surface area contributed by atoms with Gasteiger partial charge in [0.25, 0.3) is 0 Å². The summed E-state index contributed by atoms with van der Waals surface area (Å²) < 4.78 is 0. The molecule has 0 unspecified atom stereocenters. The molecular weight excluding hydrogens is 340 g/mol. The second-order valence-electron chi connectivity index (χ2n) is 7.81. The summed E-state index contributed by atoms with van der Waals surface area (Å²) in [5.74, 6) is 0.565. The van der Waals surface area contributed by atoms with Crippen LogP contribution in [-0.2, 0) is 0 Å². The van der Waals surface area contributed by atoms with Crippen LogP contribution in [0.3, 0.4) is 0 Å². The first-order valence-electron chi connectivity index (χ1n) is 9.76. The second-order valence-corrected chi connectivity index (χ2v) is 7.81. The molecule has 1 heterocycles. The number of hydrogen-bond donors (Lipinski definition) is 0. The fourth-order valence-corrected chi connectivity index (χ4v) is 5.28. The molecule has 0 N–H and O–H groups in total. The van der Waals surface area contributed by atoms with Gasteiger partial charge in [-0.15, -0.1) is 0 Å². The minimum Gasteiger partial charge on any atom is -0.244 e. The zero-order chi connectivity index (χ0) is 18.2. The Morgan fingerprint density at radius 1 is 0.393 bits per heavy atom. The molecule has 0 spiro atoms. The molecule has 1 aromatic heterocycles. The van der Waals surface area contributed by atoms with Gasteiger partial charge < -0.3 is 0 Å². The van der Waals surface area contributed by atoms with E-state index in [1.807, 2.05) is 24.3 Å². The lowest BCUT2D eigenvalue weighted by Gasteiger charge is -2.42. The first kappa shape index (κ1) is 14.5. The van der Waals surface area contributed by atoms with Gasteiger partial charge in [-0.1, -0.05) is 60.7 Å². The number of fused-ring (bicyclic) bond motifs is 2. The Kier molecular flexibility index (Phi) is 2.62. The second kappa shape index (κ2) is 5.05. The number of rotatable bonds is 0. The number of benzene rings is 4. The Labute approximate surface area is 162 Å². The third kappa shape index (κ3) is 1.73. The van der Waals surface area contributed by atoms with E-state index in [2.05, 4.69) is 60.7 Å². The Balaban J connectivity index is 1.60. The van der Waals surface area contributed by atoms with E-state index in [1.54, 1.807) is 0 Å². The van der Waals surface area contributed by atoms with Crippen LogP contribution in [0.15, 0.2) is 84.9 Å². The summed E-state index contributed by atoms with van der Waals surface area (Å²) in [5.41, 5.74) is 12.4. The maximum atomic E-state index is 4.92. The molecule has 3 aliphatic rings. The Morgan fingerprint density at radius 3 is 1.14 bits per heavy atom. The molecule has 0 radical (unpaired) electrons. The number of hydrogen-bond acceptors (Lipinski definition) is 2. The molecule has 28 heavy (non-hydrogen) atoms. The SMILES string of the molecule is c1ccc2c(c1)C1c3ccccc3C2c2cc3nc4ccccc4nc3cc21. The van der Waals surface area contributed by atoms with E-state index in [-0.39, 0.29) is 11.8 Å². The Morgan fingerprint density at radius 2 is 0.750 bits per heavy atom. The lowest BCUT2D eigenvalue weighted by atomic mass is 9.61. The van der Waals surface area contributed by atoms with E-state index in [4.69, 9.17) is 9.97 Å². The average molecular weight is 356 g/mol. The molecule has 130 valence electrons. The van der Waals surface area contributed by atoms with Crippen molar-refractivity contribution in [3.05, 3.63) is 118 Å². The summed E-state index contributed by atoms with van der Waals surface area (Å²) in [6, 6.07) is 30.5. The van der Waals surface area contributed by atoms with Gasteiger partial charge in [0.2, 0.25) is 0 Å². The highest BCUT2D eigenvalue weighted by Gasteiger charge is 2.41. The van der Waals surface area contributed by atoms with Crippen molar-refractivity contribution in [1.29, 1.82) is 0 Å². The van der Waals surface area contributed by atoms with E-state index >= 15 is 0 Å².